The third-order valence-electron chi connectivity index (χ3n) is 5.24. The molecule has 1 atom stereocenters. The Morgan fingerprint density at radius 3 is 2.75 bits per heavy atom. The van der Waals surface area contributed by atoms with E-state index in [9.17, 15) is 0 Å². The predicted molar refractivity (Wildman–Crippen MR) is 101 cm³/mol. The molecule has 0 fully saturated rings. The Bertz CT molecular complexity index is 1050. The Labute approximate surface area is 141 Å². The van der Waals surface area contributed by atoms with Crippen LogP contribution in [0.4, 0.5) is 0 Å². The van der Waals surface area contributed by atoms with Crippen molar-refractivity contribution in [3.05, 3.63) is 83.0 Å². The number of aromatic nitrogens is 1. The second kappa shape index (κ2) is 5.22. The minimum Gasteiger partial charge on any atom is -0.357 e. The Morgan fingerprint density at radius 2 is 1.79 bits per heavy atom. The van der Waals surface area contributed by atoms with Crippen LogP contribution in [0.25, 0.3) is 21.7 Å². The first-order chi connectivity index (χ1) is 11.8. The Morgan fingerprint density at radius 1 is 0.917 bits per heavy atom. The third-order valence-corrected chi connectivity index (χ3v) is 5.24. The molecule has 1 unspecified atom stereocenters. The first-order valence-electron chi connectivity index (χ1n) is 8.63. The number of benzene rings is 3. The number of hydrogen-bond donors (Lipinski definition) is 2. The smallest absolute Gasteiger partial charge is 0.0738 e. The van der Waals surface area contributed by atoms with Crippen molar-refractivity contribution in [3.63, 3.8) is 0 Å². The van der Waals surface area contributed by atoms with Gasteiger partial charge < -0.3 is 10.3 Å². The first-order valence-corrected chi connectivity index (χ1v) is 8.63. The molecule has 2 N–H and O–H groups in total. The van der Waals surface area contributed by atoms with E-state index in [4.69, 9.17) is 0 Å². The number of H-pyrrole nitrogens is 1. The minimum absolute atomic E-state index is 0.229. The average molecular weight is 312 g/mol. The molecule has 24 heavy (non-hydrogen) atoms. The summed E-state index contributed by atoms with van der Waals surface area (Å²) in [7, 11) is 0. The molecule has 0 saturated carbocycles. The summed E-state index contributed by atoms with van der Waals surface area (Å²) < 4.78 is 0. The van der Waals surface area contributed by atoms with E-state index in [0.29, 0.717) is 0 Å². The fourth-order valence-corrected chi connectivity index (χ4v) is 4.11. The first kappa shape index (κ1) is 13.8. The number of hydrogen-bond acceptors (Lipinski definition) is 1. The zero-order valence-electron chi connectivity index (χ0n) is 13.8. The SMILES string of the molecule is Cc1ccc2[nH]c3c(c2c1)CCNC3c1cccc2ccccc12. The van der Waals surface area contributed by atoms with Gasteiger partial charge in [0.1, 0.15) is 0 Å². The molecule has 4 aromatic rings. The monoisotopic (exact) mass is 312 g/mol. The highest BCUT2D eigenvalue weighted by Gasteiger charge is 2.26. The van der Waals surface area contributed by atoms with Crippen molar-refractivity contribution in [1.82, 2.24) is 10.3 Å². The number of aryl methyl sites for hydroxylation is 1. The van der Waals surface area contributed by atoms with Crippen LogP contribution >= 0.6 is 0 Å². The van der Waals surface area contributed by atoms with Crippen LogP contribution in [0.15, 0.2) is 60.7 Å². The van der Waals surface area contributed by atoms with E-state index < -0.39 is 0 Å². The van der Waals surface area contributed by atoms with Gasteiger partial charge in [-0.25, -0.2) is 0 Å². The van der Waals surface area contributed by atoms with Gasteiger partial charge >= 0.3 is 0 Å². The van der Waals surface area contributed by atoms with Crippen LogP contribution in [-0.2, 0) is 6.42 Å². The summed E-state index contributed by atoms with van der Waals surface area (Å²) in [5, 5.41) is 7.75. The summed E-state index contributed by atoms with van der Waals surface area (Å²) in [6.07, 6.45) is 1.08. The summed E-state index contributed by atoms with van der Waals surface area (Å²) in [4.78, 5) is 3.69. The predicted octanol–water partition coefficient (Wildman–Crippen LogP) is 4.86. The van der Waals surface area contributed by atoms with Gasteiger partial charge in [0, 0.05) is 23.1 Å². The Kier molecular flexibility index (Phi) is 3.00. The zero-order chi connectivity index (χ0) is 16.1. The highest BCUT2D eigenvalue weighted by molar-refractivity contribution is 5.89. The molecular weight excluding hydrogens is 292 g/mol. The molecule has 0 spiro atoms. The van der Waals surface area contributed by atoms with Crippen LogP contribution < -0.4 is 5.32 Å². The maximum Gasteiger partial charge on any atom is 0.0738 e. The molecule has 2 heteroatoms. The number of aromatic amines is 1. The van der Waals surface area contributed by atoms with Crippen molar-refractivity contribution in [1.29, 1.82) is 0 Å². The number of fused-ring (bicyclic) bond motifs is 4. The van der Waals surface area contributed by atoms with Gasteiger partial charge in [-0.15, -0.1) is 0 Å². The summed E-state index contributed by atoms with van der Waals surface area (Å²) in [6, 6.07) is 22.2. The summed E-state index contributed by atoms with van der Waals surface area (Å²) in [5.41, 5.74) is 6.74. The molecular formula is C22H20N2. The Hall–Kier alpha value is -2.58. The summed E-state index contributed by atoms with van der Waals surface area (Å²) in [6.45, 7) is 3.18. The van der Waals surface area contributed by atoms with Crippen LogP contribution in [0.1, 0.15) is 28.4 Å². The summed E-state index contributed by atoms with van der Waals surface area (Å²) in [5.74, 6) is 0. The molecule has 3 aromatic carbocycles. The molecule has 0 radical (unpaired) electrons. The molecule has 1 aromatic heterocycles. The van der Waals surface area contributed by atoms with Gasteiger partial charge in [-0.1, -0.05) is 54.1 Å². The average Bonchev–Trinajstić information content (AvgIpc) is 2.99. The van der Waals surface area contributed by atoms with E-state index >= 15 is 0 Å². The summed E-state index contributed by atoms with van der Waals surface area (Å²) >= 11 is 0. The highest BCUT2D eigenvalue weighted by atomic mass is 15.0. The van der Waals surface area contributed by atoms with E-state index in [-0.39, 0.29) is 6.04 Å². The van der Waals surface area contributed by atoms with Crippen molar-refractivity contribution in [3.8, 4) is 0 Å². The lowest BCUT2D eigenvalue weighted by atomic mass is 9.91. The van der Waals surface area contributed by atoms with E-state index in [1.54, 1.807) is 0 Å². The van der Waals surface area contributed by atoms with E-state index in [1.807, 2.05) is 0 Å². The van der Waals surface area contributed by atoms with E-state index in [2.05, 4.69) is 77.9 Å². The lowest BCUT2D eigenvalue weighted by Gasteiger charge is -2.26. The quantitative estimate of drug-likeness (QED) is 0.516. The van der Waals surface area contributed by atoms with Crippen molar-refractivity contribution >= 4 is 21.7 Å². The van der Waals surface area contributed by atoms with Crippen molar-refractivity contribution in [2.45, 2.75) is 19.4 Å². The molecule has 0 aliphatic carbocycles. The molecule has 0 bridgehead atoms. The second-order valence-electron chi connectivity index (χ2n) is 6.77. The van der Waals surface area contributed by atoms with Gasteiger partial charge in [0.15, 0.2) is 0 Å². The molecule has 0 amide bonds. The van der Waals surface area contributed by atoms with Gasteiger partial charge in [0.25, 0.3) is 0 Å². The van der Waals surface area contributed by atoms with Crippen LogP contribution in [0.2, 0.25) is 0 Å². The molecule has 2 heterocycles. The maximum atomic E-state index is 3.73. The molecule has 1 aliphatic heterocycles. The fourth-order valence-electron chi connectivity index (χ4n) is 4.11. The number of rotatable bonds is 1. The normalized spacial score (nSPS) is 17.3. The molecule has 5 rings (SSSR count). The zero-order valence-corrected chi connectivity index (χ0v) is 13.8. The van der Waals surface area contributed by atoms with Crippen LogP contribution in [0.5, 0.6) is 0 Å². The van der Waals surface area contributed by atoms with Crippen molar-refractivity contribution in [2.24, 2.45) is 0 Å². The van der Waals surface area contributed by atoms with E-state index in [0.717, 1.165) is 13.0 Å². The van der Waals surface area contributed by atoms with Crippen LogP contribution in [0.3, 0.4) is 0 Å². The van der Waals surface area contributed by atoms with E-state index in [1.165, 1.54) is 44.1 Å². The van der Waals surface area contributed by atoms with Gasteiger partial charge in [-0.05, 0) is 47.4 Å². The molecule has 0 saturated heterocycles. The van der Waals surface area contributed by atoms with Gasteiger partial charge in [0.2, 0.25) is 0 Å². The molecule has 2 nitrogen and oxygen atoms in total. The molecule has 118 valence electrons. The fraction of sp³-hybridized carbons (Fsp3) is 0.182. The highest BCUT2D eigenvalue weighted by Crippen LogP contribution is 2.36. The third kappa shape index (κ3) is 2.00. The van der Waals surface area contributed by atoms with Gasteiger partial charge in [0.05, 0.1) is 6.04 Å². The Balaban J connectivity index is 1.75. The largest absolute Gasteiger partial charge is 0.357 e. The lowest BCUT2D eigenvalue weighted by molar-refractivity contribution is 0.563. The van der Waals surface area contributed by atoms with Gasteiger partial charge in [-0.2, -0.15) is 0 Å². The minimum atomic E-state index is 0.229. The second-order valence-corrected chi connectivity index (χ2v) is 6.77. The maximum absolute atomic E-state index is 3.73. The molecule has 1 aliphatic rings. The van der Waals surface area contributed by atoms with Crippen molar-refractivity contribution in [2.75, 3.05) is 6.54 Å². The topological polar surface area (TPSA) is 27.8 Å². The standard InChI is InChI=1S/C22H20N2/c1-14-9-10-20-19(13-14)18-11-12-23-21(22(18)24-20)17-8-4-6-15-5-2-3-7-16(15)17/h2-10,13,21,23-24H,11-12H2,1H3. The van der Waals surface area contributed by atoms with Crippen LogP contribution in [-0.4, -0.2) is 11.5 Å². The van der Waals surface area contributed by atoms with Crippen LogP contribution in [0, 0.1) is 6.92 Å². The van der Waals surface area contributed by atoms with Gasteiger partial charge in [-0.3, -0.25) is 0 Å². The number of nitrogens with one attached hydrogen (secondary N) is 2. The lowest BCUT2D eigenvalue weighted by Crippen LogP contribution is -2.30. The van der Waals surface area contributed by atoms with Crippen molar-refractivity contribution < 1.29 is 0 Å².